The number of hydrogen-bond donors (Lipinski definition) is 2. The second-order valence-corrected chi connectivity index (χ2v) is 7.89. The summed E-state index contributed by atoms with van der Waals surface area (Å²) in [6, 6.07) is 27.6. The fourth-order valence-electron chi connectivity index (χ4n) is 3.72. The Bertz CT molecular complexity index is 1440. The average Bonchev–Trinajstić information content (AvgIpc) is 2.87. The smallest absolute Gasteiger partial charge is 0.274 e. The van der Waals surface area contributed by atoms with Crippen LogP contribution in [0.5, 0.6) is 0 Å². The van der Waals surface area contributed by atoms with Crippen LogP contribution >= 0.6 is 0 Å². The first-order valence-corrected chi connectivity index (χ1v) is 10.9. The monoisotopic (exact) mass is 448 g/mol. The molecule has 0 radical (unpaired) electrons. The average molecular weight is 449 g/mol. The van der Waals surface area contributed by atoms with Crippen LogP contribution in [-0.4, -0.2) is 15.9 Å². The number of carbonyl (C=O) groups is 1. The molecule has 34 heavy (non-hydrogen) atoms. The van der Waals surface area contributed by atoms with Crippen LogP contribution in [0, 0.1) is 5.82 Å². The van der Waals surface area contributed by atoms with E-state index >= 15 is 0 Å². The normalized spacial score (nSPS) is 10.7. The Kier molecular flexibility index (Phi) is 5.95. The second-order valence-electron chi connectivity index (χ2n) is 7.89. The van der Waals surface area contributed by atoms with Crippen molar-refractivity contribution in [3.63, 3.8) is 0 Å². The molecule has 5 aromatic rings. The fourth-order valence-corrected chi connectivity index (χ4v) is 3.72. The number of pyridine rings is 2. The van der Waals surface area contributed by atoms with E-state index in [-0.39, 0.29) is 11.7 Å². The number of halogens is 1. The van der Waals surface area contributed by atoms with Crippen LogP contribution in [0.3, 0.4) is 0 Å². The van der Waals surface area contributed by atoms with Gasteiger partial charge in [0.1, 0.15) is 11.5 Å². The lowest BCUT2D eigenvalue weighted by molar-refractivity contribution is 0.102. The van der Waals surface area contributed by atoms with Crippen molar-refractivity contribution in [2.45, 2.75) is 6.42 Å². The van der Waals surface area contributed by atoms with Crippen molar-refractivity contribution in [1.82, 2.24) is 9.97 Å². The van der Waals surface area contributed by atoms with E-state index in [1.54, 1.807) is 36.7 Å². The first-order chi connectivity index (χ1) is 16.6. The number of fused-ring (bicyclic) bond motifs is 1. The van der Waals surface area contributed by atoms with E-state index in [0.29, 0.717) is 33.7 Å². The molecular weight excluding hydrogens is 427 g/mol. The van der Waals surface area contributed by atoms with Gasteiger partial charge in [0.25, 0.3) is 5.91 Å². The van der Waals surface area contributed by atoms with Gasteiger partial charge in [-0.25, -0.2) is 9.37 Å². The van der Waals surface area contributed by atoms with Gasteiger partial charge >= 0.3 is 0 Å². The van der Waals surface area contributed by atoms with Gasteiger partial charge in [0.15, 0.2) is 0 Å². The number of benzene rings is 3. The molecule has 0 aliphatic carbocycles. The van der Waals surface area contributed by atoms with Crippen LogP contribution in [0.15, 0.2) is 103 Å². The molecule has 6 heteroatoms. The van der Waals surface area contributed by atoms with Crippen molar-refractivity contribution in [2.75, 3.05) is 10.6 Å². The maximum atomic E-state index is 13.7. The molecule has 0 fully saturated rings. The van der Waals surface area contributed by atoms with Crippen molar-refractivity contribution in [1.29, 1.82) is 0 Å². The highest BCUT2D eigenvalue weighted by Crippen LogP contribution is 2.25. The fraction of sp³-hybridized carbons (Fsp3) is 0.0357. The van der Waals surface area contributed by atoms with E-state index in [4.69, 9.17) is 0 Å². The van der Waals surface area contributed by atoms with Gasteiger partial charge in [0.05, 0.1) is 17.4 Å². The molecule has 0 saturated carbocycles. The largest absolute Gasteiger partial charge is 0.354 e. The SMILES string of the molecule is O=C(Nc1ccc(Cc2ccccc2)cc1)c1ccc(Nc2ccnc3ccc(F)cc23)cn1. The van der Waals surface area contributed by atoms with E-state index in [0.717, 1.165) is 6.42 Å². The maximum Gasteiger partial charge on any atom is 0.274 e. The standard InChI is InChI=1S/C28H21FN4O/c29-21-8-12-25-24(17-21)26(14-15-30-25)32-23-11-13-27(31-18-23)28(34)33-22-9-6-20(7-10-22)16-19-4-2-1-3-5-19/h1-15,17-18H,16H2,(H,30,32)(H,33,34). The first-order valence-electron chi connectivity index (χ1n) is 10.9. The zero-order valence-electron chi connectivity index (χ0n) is 18.2. The summed E-state index contributed by atoms with van der Waals surface area (Å²) in [6.07, 6.45) is 4.07. The summed E-state index contributed by atoms with van der Waals surface area (Å²) in [5.41, 5.74) is 5.48. The summed E-state index contributed by atoms with van der Waals surface area (Å²) >= 11 is 0. The van der Waals surface area contributed by atoms with Gasteiger partial charge in [-0.2, -0.15) is 0 Å². The van der Waals surface area contributed by atoms with Crippen LogP contribution in [-0.2, 0) is 6.42 Å². The quantitative estimate of drug-likeness (QED) is 0.317. The summed E-state index contributed by atoms with van der Waals surface area (Å²) in [5.74, 6) is -0.624. The van der Waals surface area contributed by atoms with Gasteiger partial charge in [-0.3, -0.25) is 9.78 Å². The Morgan fingerprint density at radius 3 is 2.32 bits per heavy atom. The number of rotatable bonds is 6. The molecule has 1 amide bonds. The van der Waals surface area contributed by atoms with Crippen molar-refractivity contribution < 1.29 is 9.18 Å². The van der Waals surface area contributed by atoms with Crippen LogP contribution in [0.4, 0.5) is 21.5 Å². The molecule has 0 spiro atoms. The van der Waals surface area contributed by atoms with E-state index in [2.05, 4.69) is 32.7 Å². The minimum atomic E-state index is -0.332. The van der Waals surface area contributed by atoms with Crippen LogP contribution in [0.25, 0.3) is 10.9 Å². The van der Waals surface area contributed by atoms with Gasteiger partial charge in [-0.1, -0.05) is 42.5 Å². The number of amides is 1. The zero-order valence-corrected chi connectivity index (χ0v) is 18.2. The summed E-state index contributed by atoms with van der Waals surface area (Å²) in [7, 11) is 0. The van der Waals surface area contributed by atoms with Crippen molar-refractivity contribution in [3.05, 3.63) is 126 Å². The molecule has 2 aromatic heterocycles. The molecule has 0 aliphatic rings. The minimum Gasteiger partial charge on any atom is -0.354 e. The van der Waals surface area contributed by atoms with E-state index in [9.17, 15) is 9.18 Å². The van der Waals surface area contributed by atoms with Crippen molar-refractivity contribution >= 4 is 33.9 Å². The van der Waals surface area contributed by atoms with Crippen LogP contribution in [0.1, 0.15) is 21.6 Å². The van der Waals surface area contributed by atoms with E-state index in [1.165, 1.54) is 23.3 Å². The number of carbonyl (C=O) groups excluding carboxylic acids is 1. The molecule has 2 heterocycles. The number of anilines is 3. The third-order valence-corrected chi connectivity index (χ3v) is 5.44. The number of nitrogens with zero attached hydrogens (tertiary/aromatic N) is 2. The maximum absolute atomic E-state index is 13.7. The third-order valence-electron chi connectivity index (χ3n) is 5.44. The number of hydrogen-bond acceptors (Lipinski definition) is 4. The molecule has 5 nitrogen and oxygen atoms in total. The molecular formula is C28H21FN4O. The molecule has 2 N–H and O–H groups in total. The molecule has 0 aliphatic heterocycles. The van der Waals surface area contributed by atoms with Gasteiger partial charge in [0.2, 0.25) is 0 Å². The molecule has 0 unspecified atom stereocenters. The van der Waals surface area contributed by atoms with Crippen molar-refractivity contribution in [3.8, 4) is 0 Å². The van der Waals surface area contributed by atoms with E-state index < -0.39 is 0 Å². The van der Waals surface area contributed by atoms with Gasteiger partial charge in [0, 0.05) is 23.0 Å². The highest BCUT2D eigenvalue weighted by atomic mass is 19.1. The molecule has 0 saturated heterocycles. The Balaban J connectivity index is 1.24. The third kappa shape index (κ3) is 4.91. The molecule has 166 valence electrons. The lowest BCUT2D eigenvalue weighted by Crippen LogP contribution is -2.13. The molecule has 0 atom stereocenters. The Morgan fingerprint density at radius 1 is 0.794 bits per heavy atom. The number of nitrogens with one attached hydrogen (secondary N) is 2. The lowest BCUT2D eigenvalue weighted by Gasteiger charge is -2.10. The van der Waals surface area contributed by atoms with Crippen LogP contribution in [0.2, 0.25) is 0 Å². The lowest BCUT2D eigenvalue weighted by atomic mass is 10.0. The Labute approximate surface area is 196 Å². The molecule has 0 bridgehead atoms. The summed E-state index contributed by atoms with van der Waals surface area (Å²) in [6.45, 7) is 0. The summed E-state index contributed by atoms with van der Waals surface area (Å²) in [5, 5.41) is 6.76. The number of aromatic nitrogens is 2. The Hall–Kier alpha value is -4.58. The zero-order chi connectivity index (χ0) is 23.3. The van der Waals surface area contributed by atoms with Gasteiger partial charge < -0.3 is 10.6 Å². The first kappa shape index (κ1) is 21.3. The van der Waals surface area contributed by atoms with Crippen molar-refractivity contribution in [2.24, 2.45) is 0 Å². The summed E-state index contributed by atoms with van der Waals surface area (Å²) in [4.78, 5) is 21.2. The molecule has 3 aromatic carbocycles. The predicted octanol–water partition coefficient (Wildman–Crippen LogP) is 6.36. The van der Waals surface area contributed by atoms with E-state index in [1.807, 2.05) is 42.5 Å². The molecule has 5 rings (SSSR count). The second kappa shape index (κ2) is 9.50. The highest BCUT2D eigenvalue weighted by molar-refractivity contribution is 6.03. The van der Waals surface area contributed by atoms with Crippen LogP contribution < -0.4 is 10.6 Å². The predicted molar refractivity (Wildman–Crippen MR) is 133 cm³/mol. The topological polar surface area (TPSA) is 66.9 Å². The summed E-state index contributed by atoms with van der Waals surface area (Å²) < 4.78 is 13.7. The van der Waals surface area contributed by atoms with Gasteiger partial charge in [-0.05, 0) is 66.1 Å². The highest BCUT2D eigenvalue weighted by Gasteiger charge is 2.09. The Morgan fingerprint density at radius 2 is 1.56 bits per heavy atom. The van der Waals surface area contributed by atoms with Gasteiger partial charge in [-0.15, -0.1) is 0 Å². The minimum absolute atomic E-state index is 0.293.